The summed E-state index contributed by atoms with van der Waals surface area (Å²) in [6.45, 7) is 3.59. The van der Waals surface area contributed by atoms with Crippen LogP contribution in [-0.4, -0.2) is 38.7 Å². The van der Waals surface area contributed by atoms with Crippen LogP contribution in [0.15, 0.2) is 103 Å². The van der Waals surface area contributed by atoms with E-state index in [1.807, 2.05) is 84.9 Å². The molecule has 202 valence electrons. The number of carbonyl (C=O) groups excluding carboxylic acids is 1. The van der Waals surface area contributed by atoms with Gasteiger partial charge in [-0.15, -0.1) is 0 Å². The van der Waals surface area contributed by atoms with Gasteiger partial charge in [-0.2, -0.15) is 0 Å². The number of carbonyl (C=O) groups is 1. The molecular formula is C34H27N3O4. The van der Waals surface area contributed by atoms with Gasteiger partial charge in [0.05, 0.1) is 12.2 Å². The fourth-order valence-electron chi connectivity index (χ4n) is 4.86. The summed E-state index contributed by atoms with van der Waals surface area (Å²) in [7, 11) is 0. The Morgan fingerprint density at radius 3 is 1.76 bits per heavy atom. The highest BCUT2D eigenvalue weighted by Crippen LogP contribution is 2.35. The molecule has 0 aliphatic rings. The maximum atomic E-state index is 12.0. The third-order valence-electron chi connectivity index (χ3n) is 6.84. The van der Waals surface area contributed by atoms with Gasteiger partial charge >= 0.3 is 5.97 Å². The Hall–Kier alpha value is -5.30. The van der Waals surface area contributed by atoms with Crippen LogP contribution in [0.2, 0.25) is 0 Å². The van der Waals surface area contributed by atoms with E-state index in [1.165, 1.54) is 6.07 Å². The fraction of sp³-hybridized carbons (Fsp3) is 0.118. The van der Waals surface area contributed by atoms with E-state index in [0.717, 1.165) is 32.7 Å². The van der Waals surface area contributed by atoms with E-state index in [2.05, 4.69) is 0 Å². The number of ether oxygens (including phenoxy) is 2. The number of fused-ring (bicyclic) bond motifs is 2. The first kappa shape index (κ1) is 26.0. The van der Waals surface area contributed by atoms with Crippen LogP contribution < -0.4 is 4.74 Å². The lowest BCUT2D eigenvalue weighted by Crippen LogP contribution is -2.26. The molecule has 6 rings (SSSR count). The highest BCUT2D eigenvalue weighted by Gasteiger charge is 2.20. The molecule has 0 aliphatic heterocycles. The quantitative estimate of drug-likeness (QED) is 0.213. The average molecular weight is 542 g/mol. The fourth-order valence-corrected chi connectivity index (χ4v) is 4.86. The maximum Gasteiger partial charge on any atom is 0.347 e. The van der Waals surface area contributed by atoms with Gasteiger partial charge in [0.25, 0.3) is 0 Å². The van der Waals surface area contributed by atoms with Crippen molar-refractivity contribution < 1.29 is 19.4 Å². The van der Waals surface area contributed by atoms with Crippen molar-refractivity contribution in [2.75, 3.05) is 6.61 Å². The number of phenolic OH excluding ortho intramolecular Hbond substituents is 1. The minimum atomic E-state index is -0.826. The molecular weight excluding hydrogens is 514 g/mol. The summed E-state index contributed by atoms with van der Waals surface area (Å²) >= 11 is 0. The maximum absolute atomic E-state index is 12.0. The van der Waals surface area contributed by atoms with E-state index in [4.69, 9.17) is 24.4 Å². The lowest BCUT2D eigenvalue weighted by atomic mass is 10.0. The first-order valence-electron chi connectivity index (χ1n) is 13.4. The van der Waals surface area contributed by atoms with Crippen LogP contribution in [0, 0.1) is 0 Å². The van der Waals surface area contributed by atoms with Gasteiger partial charge in [0, 0.05) is 17.2 Å². The minimum absolute atomic E-state index is 0.0856. The van der Waals surface area contributed by atoms with Gasteiger partial charge in [-0.05, 0) is 47.5 Å². The number of aromatic nitrogens is 3. The van der Waals surface area contributed by atoms with Crippen LogP contribution in [0.3, 0.4) is 0 Å². The molecule has 0 spiro atoms. The van der Waals surface area contributed by atoms with E-state index < -0.39 is 12.1 Å². The molecule has 0 radical (unpaired) electrons. The number of esters is 1. The van der Waals surface area contributed by atoms with Crippen LogP contribution in [0.25, 0.3) is 55.7 Å². The Morgan fingerprint density at radius 2 is 1.22 bits per heavy atom. The van der Waals surface area contributed by atoms with Gasteiger partial charge in [-0.3, -0.25) is 0 Å². The summed E-state index contributed by atoms with van der Waals surface area (Å²) in [5, 5.41) is 15.2. The van der Waals surface area contributed by atoms with Crippen LogP contribution in [0.1, 0.15) is 13.8 Å². The molecule has 0 fully saturated rings. The molecule has 1 heterocycles. The molecule has 6 aromatic rings. The second-order valence-electron chi connectivity index (χ2n) is 9.55. The zero-order valence-corrected chi connectivity index (χ0v) is 22.6. The van der Waals surface area contributed by atoms with Gasteiger partial charge in [-0.1, -0.05) is 84.9 Å². The monoisotopic (exact) mass is 541 g/mol. The Morgan fingerprint density at radius 1 is 0.707 bits per heavy atom. The van der Waals surface area contributed by atoms with E-state index in [0.29, 0.717) is 28.8 Å². The Kier molecular flexibility index (Phi) is 7.00. The molecule has 1 aromatic heterocycles. The summed E-state index contributed by atoms with van der Waals surface area (Å²) in [6.07, 6.45) is -0.826. The number of hydrogen-bond donors (Lipinski definition) is 1. The van der Waals surface area contributed by atoms with Gasteiger partial charge in [0.1, 0.15) is 11.5 Å². The average Bonchev–Trinajstić information content (AvgIpc) is 3.00. The van der Waals surface area contributed by atoms with Gasteiger partial charge in [-0.25, -0.2) is 19.7 Å². The molecule has 0 aliphatic carbocycles. The zero-order valence-electron chi connectivity index (χ0n) is 22.6. The van der Waals surface area contributed by atoms with Gasteiger partial charge in [0.15, 0.2) is 23.6 Å². The second kappa shape index (κ2) is 11.1. The standard InChI is InChI=1S/C34H27N3O4/c1-3-40-34(39)21(2)41-24-18-19-29(30(38)20-24)33-36-31(27-16-8-12-22-10-4-6-14-25(22)27)35-32(37-33)28-17-9-13-23-11-5-7-15-26(23)28/h4-21,38H,3H2,1-2H3. The number of rotatable bonds is 7. The lowest BCUT2D eigenvalue weighted by molar-refractivity contribution is -0.150. The van der Waals surface area contributed by atoms with Gasteiger partial charge in [0.2, 0.25) is 0 Å². The highest BCUT2D eigenvalue weighted by molar-refractivity contribution is 5.97. The largest absolute Gasteiger partial charge is 0.507 e. The predicted octanol–water partition coefficient (Wildman–Crippen LogP) is 7.22. The molecule has 0 saturated heterocycles. The third-order valence-corrected chi connectivity index (χ3v) is 6.84. The normalized spacial score (nSPS) is 11.9. The topological polar surface area (TPSA) is 94.4 Å². The first-order chi connectivity index (χ1) is 20.0. The predicted molar refractivity (Wildman–Crippen MR) is 160 cm³/mol. The van der Waals surface area contributed by atoms with Crippen LogP contribution >= 0.6 is 0 Å². The summed E-state index contributed by atoms with van der Waals surface area (Å²) in [6, 6.07) is 33.0. The van der Waals surface area contributed by atoms with Crippen molar-refractivity contribution in [3.05, 3.63) is 103 Å². The lowest BCUT2D eigenvalue weighted by Gasteiger charge is -2.15. The molecule has 7 heteroatoms. The van der Waals surface area contributed by atoms with E-state index in [9.17, 15) is 9.90 Å². The molecule has 1 unspecified atom stereocenters. The molecule has 0 amide bonds. The van der Waals surface area contributed by atoms with E-state index in [-0.39, 0.29) is 12.4 Å². The number of phenols is 1. The molecule has 41 heavy (non-hydrogen) atoms. The van der Waals surface area contributed by atoms with E-state index >= 15 is 0 Å². The summed E-state index contributed by atoms with van der Waals surface area (Å²) in [5.41, 5.74) is 2.12. The number of aromatic hydroxyl groups is 1. The van der Waals surface area contributed by atoms with Gasteiger partial charge < -0.3 is 14.6 Å². The smallest absolute Gasteiger partial charge is 0.347 e. The second-order valence-corrected chi connectivity index (χ2v) is 9.55. The number of benzene rings is 5. The van der Waals surface area contributed by atoms with Crippen LogP contribution in [0.5, 0.6) is 11.5 Å². The Bertz CT molecular complexity index is 1800. The Balaban J connectivity index is 1.50. The van der Waals surface area contributed by atoms with Crippen molar-refractivity contribution in [2.24, 2.45) is 0 Å². The van der Waals surface area contributed by atoms with Crippen molar-refractivity contribution >= 4 is 27.5 Å². The zero-order chi connectivity index (χ0) is 28.3. The van der Waals surface area contributed by atoms with Crippen molar-refractivity contribution in [3.8, 4) is 45.7 Å². The molecule has 7 nitrogen and oxygen atoms in total. The van der Waals surface area contributed by atoms with E-state index in [1.54, 1.807) is 26.0 Å². The third kappa shape index (κ3) is 5.17. The minimum Gasteiger partial charge on any atom is -0.507 e. The molecule has 5 aromatic carbocycles. The highest BCUT2D eigenvalue weighted by atomic mass is 16.6. The number of hydrogen-bond acceptors (Lipinski definition) is 7. The first-order valence-corrected chi connectivity index (χ1v) is 13.4. The van der Waals surface area contributed by atoms with Crippen molar-refractivity contribution in [1.82, 2.24) is 15.0 Å². The van der Waals surface area contributed by atoms with Crippen LogP contribution in [-0.2, 0) is 9.53 Å². The van der Waals surface area contributed by atoms with Crippen LogP contribution in [0.4, 0.5) is 0 Å². The summed E-state index contributed by atoms with van der Waals surface area (Å²) < 4.78 is 10.7. The summed E-state index contributed by atoms with van der Waals surface area (Å²) in [4.78, 5) is 26.6. The van der Waals surface area contributed by atoms with Crippen molar-refractivity contribution in [2.45, 2.75) is 20.0 Å². The molecule has 0 bridgehead atoms. The molecule has 1 N–H and O–H groups in total. The molecule has 1 atom stereocenters. The van der Waals surface area contributed by atoms with Crippen molar-refractivity contribution in [3.63, 3.8) is 0 Å². The number of nitrogens with zero attached hydrogens (tertiary/aromatic N) is 3. The Labute approximate surface area is 237 Å². The van der Waals surface area contributed by atoms with Crippen molar-refractivity contribution in [1.29, 1.82) is 0 Å². The SMILES string of the molecule is CCOC(=O)C(C)Oc1ccc(-c2nc(-c3cccc4ccccc34)nc(-c3cccc4ccccc34)n2)c(O)c1. The summed E-state index contributed by atoms with van der Waals surface area (Å²) in [5.74, 6) is 1.05. The molecule has 0 saturated carbocycles.